The van der Waals surface area contributed by atoms with Crippen molar-refractivity contribution in [3.8, 4) is 0 Å². The number of carbonyl (C=O) groups is 4. The molecular weight excluding hydrogens is 417 g/mol. The smallest absolute Gasteiger partial charge is 0.328 e. The zero-order valence-electron chi connectivity index (χ0n) is 19.3. The Balaban J connectivity index is 2.34. The fourth-order valence-corrected chi connectivity index (χ4v) is 3.49. The first-order valence-corrected chi connectivity index (χ1v) is 10.1. The Morgan fingerprint density at radius 3 is 2.25 bits per heavy atom. The van der Waals surface area contributed by atoms with E-state index in [0.29, 0.717) is 22.5 Å². The second-order valence-corrected chi connectivity index (χ2v) is 7.96. The number of rotatable bonds is 7. The molecule has 0 unspecified atom stereocenters. The van der Waals surface area contributed by atoms with Gasteiger partial charge in [-0.15, -0.1) is 0 Å². The summed E-state index contributed by atoms with van der Waals surface area (Å²) in [5.74, 6) is -3.68. The van der Waals surface area contributed by atoms with E-state index in [1.165, 1.54) is 29.9 Å². The molecule has 0 saturated heterocycles. The average Bonchev–Trinajstić information content (AvgIpc) is 2.95. The molecule has 0 radical (unpaired) electrons. The van der Waals surface area contributed by atoms with Crippen molar-refractivity contribution in [1.29, 1.82) is 0 Å². The number of aryl methyl sites for hydroxylation is 1. The molecule has 0 aliphatic rings. The number of halogens is 1. The molecule has 1 atom stereocenters. The number of hydrogen-bond acceptors (Lipinski definition) is 5. The van der Waals surface area contributed by atoms with Gasteiger partial charge in [-0.25, -0.2) is 9.18 Å². The minimum absolute atomic E-state index is 0.0350. The molecule has 0 aliphatic heterocycles. The zero-order chi connectivity index (χ0) is 24.3. The van der Waals surface area contributed by atoms with Gasteiger partial charge in [0, 0.05) is 18.4 Å². The first kappa shape index (κ1) is 24.8. The molecule has 0 fully saturated rings. The van der Waals surface area contributed by atoms with Gasteiger partial charge >= 0.3 is 5.97 Å². The van der Waals surface area contributed by atoms with E-state index < -0.39 is 29.6 Å². The van der Waals surface area contributed by atoms with Crippen molar-refractivity contribution in [3.63, 3.8) is 0 Å². The van der Waals surface area contributed by atoms with Crippen LogP contribution in [-0.2, 0) is 21.4 Å². The summed E-state index contributed by atoms with van der Waals surface area (Å²) in [6, 6.07) is 3.20. The van der Waals surface area contributed by atoms with Gasteiger partial charge in [-0.2, -0.15) is 0 Å². The monoisotopic (exact) mass is 445 g/mol. The van der Waals surface area contributed by atoms with Crippen LogP contribution in [-0.4, -0.2) is 41.3 Å². The molecule has 32 heavy (non-hydrogen) atoms. The van der Waals surface area contributed by atoms with Crippen molar-refractivity contribution >= 4 is 29.3 Å². The minimum Gasteiger partial charge on any atom is -0.467 e. The number of Topliss-reactive ketones (excluding diaryl/α,β-unsaturated/α-hetero) is 1. The lowest BCUT2D eigenvalue weighted by atomic mass is 10.0. The number of ether oxygens (including phenoxy) is 1. The Morgan fingerprint density at radius 1 is 1.09 bits per heavy atom. The van der Waals surface area contributed by atoms with Gasteiger partial charge in [-0.3, -0.25) is 14.4 Å². The maximum Gasteiger partial charge on any atom is 0.328 e. The van der Waals surface area contributed by atoms with Crippen molar-refractivity contribution in [3.05, 3.63) is 52.1 Å². The van der Waals surface area contributed by atoms with E-state index in [4.69, 9.17) is 0 Å². The van der Waals surface area contributed by atoms with Crippen LogP contribution in [0.1, 0.15) is 51.5 Å². The molecule has 2 rings (SSSR count). The highest BCUT2D eigenvalue weighted by atomic mass is 19.1. The number of nitrogens with one attached hydrogen (secondary N) is 2. The molecule has 1 heterocycles. The number of carbonyl (C=O) groups excluding carboxylic acids is 4. The summed E-state index contributed by atoms with van der Waals surface area (Å²) >= 11 is 0. The van der Waals surface area contributed by atoms with Gasteiger partial charge in [-0.05, 0) is 56.0 Å². The highest BCUT2D eigenvalue weighted by Crippen LogP contribution is 2.24. The summed E-state index contributed by atoms with van der Waals surface area (Å²) in [5.41, 5.74) is 1.85. The molecule has 2 N–H and O–H groups in total. The molecule has 0 saturated carbocycles. The summed E-state index contributed by atoms with van der Waals surface area (Å²) < 4.78 is 19.7. The molecule has 2 aromatic rings. The lowest BCUT2D eigenvalue weighted by molar-refractivity contribution is -0.145. The van der Waals surface area contributed by atoms with E-state index in [-0.39, 0.29) is 23.0 Å². The molecule has 0 aliphatic carbocycles. The predicted molar refractivity (Wildman–Crippen MR) is 117 cm³/mol. The number of benzene rings is 1. The molecule has 9 heteroatoms. The zero-order valence-corrected chi connectivity index (χ0v) is 19.3. The van der Waals surface area contributed by atoms with Crippen molar-refractivity contribution in [2.24, 2.45) is 13.0 Å². The number of hydrogen-bond donors (Lipinski definition) is 2. The maximum absolute atomic E-state index is 13.5. The lowest BCUT2D eigenvalue weighted by Crippen LogP contribution is -2.47. The van der Waals surface area contributed by atoms with E-state index in [1.54, 1.807) is 41.7 Å². The average molecular weight is 445 g/mol. The standard InChI is InChI=1S/C23H28FN3O5/c1-11(2)18(23(31)32-7)26-22(30)20(28)19-13(4)17(14(5)27(19)6)21(29)25-15-8-9-16(24)12(3)10-15/h8-11,18H,1-7H3,(H,25,29)(H,26,30)/t18-/m1/s1. The number of anilines is 1. The van der Waals surface area contributed by atoms with Crippen LogP contribution in [0.5, 0.6) is 0 Å². The number of amides is 2. The van der Waals surface area contributed by atoms with Crippen molar-refractivity contribution in [2.45, 2.75) is 40.7 Å². The van der Waals surface area contributed by atoms with Gasteiger partial charge in [0.15, 0.2) is 0 Å². The van der Waals surface area contributed by atoms with Crippen LogP contribution in [0, 0.1) is 32.5 Å². The molecular formula is C23H28FN3O5. The third-order valence-electron chi connectivity index (χ3n) is 5.40. The van der Waals surface area contributed by atoms with Gasteiger partial charge in [0.25, 0.3) is 17.6 Å². The quantitative estimate of drug-likeness (QED) is 0.387. The highest BCUT2D eigenvalue weighted by molar-refractivity contribution is 6.43. The van der Waals surface area contributed by atoms with Gasteiger partial charge in [0.2, 0.25) is 0 Å². The van der Waals surface area contributed by atoms with Crippen LogP contribution < -0.4 is 10.6 Å². The van der Waals surface area contributed by atoms with Crippen LogP contribution in [0.3, 0.4) is 0 Å². The number of esters is 1. The predicted octanol–water partition coefficient (Wildman–Crippen LogP) is 2.84. The Kier molecular flexibility index (Phi) is 7.56. The Labute approximate surface area is 186 Å². The second kappa shape index (κ2) is 9.76. The van der Waals surface area contributed by atoms with Crippen LogP contribution in [0.2, 0.25) is 0 Å². The molecule has 0 spiro atoms. The van der Waals surface area contributed by atoms with Gasteiger partial charge in [0.1, 0.15) is 11.9 Å². The summed E-state index contributed by atoms with van der Waals surface area (Å²) in [4.78, 5) is 50.4. The number of nitrogens with zero attached hydrogens (tertiary/aromatic N) is 1. The van der Waals surface area contributed by atoms with E-state index in [9.17, 15) is 23.6 Å². The fourth-order valence-electron chi connectivity index (χ4n) is 3.49. The van der Waals surface area contributed by atoms with E-state index in [2.05, 4.69) is 15.4 Å². The first-order chi connectivity index (χ1) is 14.9. The van der Waals surface area contributed by atoms with Crippen molar-refractivity contribution in [1.82, 2.24) is 9.88 Å². The van der Waals surface area contributed by atoms with Crippen molar-refractivity contribution < 1.29 is 28.3 Å². The van der Waals surface area contributed by atoms with E-state index in [0.717, 1.165) is 0 Å². The summed E-state index contributed by atoms with van der Waals surface area (Å²) in [7, 11) is 2.77. The fraction of sp³-hybridized carbons (Fsp3) is 0.391. The third kappa shape index (κ3) is 4.87. The summed E-state index contributed by atoms with van der Waals surface area (Å²) in [5, 5.41) is 5.11. The number of aromatic nitrogens is 1. The molecule has 172 valence electrons. The van der Waals surface area contributed by atoms with Crippen LogP contribution in [0.4, 0.5) is 10.1 Å². The van der Waals surface area contributed by atoms with Gasteiger partial charge < -0.3 is 19.9 Å². The Bertz CT molecular complexity index is 1090. The second-order valence-electron chi connectivity index (χ2n) is 7.96. The maximum atomic E-state index is 13.5. The normalized spacial score (nSPS) is 11.8. The largest absolute Gasteiger partial charge is 0.467 e. The molecule has 1 aromatic carbocycles. The van der Waals surface area contributed by atoms with Gasteiger partial charge in [0.05, 0.1) is 18.4 Å². The van der Waals surface area contributed by atoms with Crippen molar-refractivity contribution in [2.75, 3.05) is 12.4 Å². The Hall–Kier alpha value is -3.49. The molecule has 2 amide bonds. The molecule has 0 bridgehead atoms. The minimum atomic E-state index is -0.984. The van der Waals surface area contributed by atoms with Crippen LogP contribution in [0.25, 0.3) is 0 Å². The number of methoxy groups -OCH3 is 1. The third-order valence-corrected chi connectivity index (χ3v) is 5.40. The summed E-state index contributed by atoms with van der Waals surface area (Å²) in [6.07, 6.45) is 0. The first-order valence-electron chi connectivity index (χ1n) is 10.1. The van der Waals surface area contributed by atoms with Gasteiger partial charge in [-0.1, -0.05) is 13.8 Å². The highest BCUT2D eigenvalue weighted by Gasteiger charge is 2.32. The SMILES string of the molecule is COC(=O)[C@H](NC(=O)C(=O)c1c(C)c(C(=O)Nc2ccc(F)c(C)c2)c(C)n1C)C(C)C. The van der Waals surface area contributed by atoms with E-state index >= 15 is 0 Å². The van der Waals surface area contributed by atoms with E-state index in [1.807, 2.05) is 0 Å². The Morgan fingerprint density at radius 2 is 1.72 bits per heavy atom. The summed E-state index contributed by atoms with van der Waals surface area (Å²) in [6.45, 7) is 8.22. The number of ketones is 1. The van der Waals surface area contributed by atoms with Crippen LogP contribution >= 0.6 is 0 Å². The van der Waals surface area contributed by atoms with Crippen LogP contribution in [0.15, 0.2) is 18.2 Å². The molecule has 8 nitrogen and oxygen atoms in total. The lowest BCUT2D eigenvalue weighted by Gasteiger charge is -2.19. The molecule has 1 aromatic heterocycles. The topological polar surface area (TPSA) is 106 Å².